The van der Waals surface area contributed by atoms with E-state index in [1.165, 1.54) is 7.11 Å². The average molecular weight is 340 g/mol. The molecule has 0 unspecified atom stereocenters. The minimum atomic E-state index is -0.245. The standard InChI is InChI=1S/C16H15Cl2NO3/c1-21-11-4-5-12(15(8-11)22-2)16(20)19-9-10-3-6-13(17)14(18)7-10/h3-8H,9H2,1-2H3,(H,19,20). The third-order valence-electron chi connectivity index (χ3n) is 3.09. The summed E-state index contributed by atoms with van der Waals surface area (Å²) in [4.78, 5) is 12.3. The van der Waals surface area contributed by atoms with Crippen molar-refractivity contribution in [3.8, 4) is 11.5 Å². The van der Waals surface area contributed by atoms with Crippen LogP contribution in [0.1, 0.15) is 15.9 Å². The van der Waals surface area contributed by atoms with Gasteiger partial charge in [0.05, 0.1) is 29.8 Å². The molecule has 0 bridgehead atoms. The van der Waals surface area contributed by atoms with E-state index < -0.39 is 0 Å². The normalized spacial score (nSPS) is 10.2. The highest BCUT2D eigenvalue weighted by Crippen LogP contribution is 2.25. The van der Waals surface area contributed by atoms with Crippen molar-refractivity contribution in [3.05, 3.63) is 57.6 Å². The summed E-state index contributed by atoms with van der Waals surface area (Å²) in [6.45, 7) is 0.338. The summed E-state index contributed by atoms with van der Waals surface area (Å²) in [6, 6.07) is 10.2. The van der Waals surface area contributed by atoms with Crippen molar-refractivity contribution in [2.45, 2.75) is 6.54 Å². The number of benzene rings is 2. The van der Waals surface area contributed by atoms with Gasteiger partial charge in [-0.15, -0.1) is 0 Å². The van der Waals surface area contributed by atoms with Crippen LogP contribution >= 0.6 is 23.2 Å². The zero-order valence-corrected chi connectivity index (χ0v) is 13.7. The van der Waals surface area contributed by atoms with Crippen LogP contribution in [0.15, 0.2) is 36.4 Å². The largest absolute Gasteiger partial charge is 0.497 e. The number of amides is 1. The molecule has 2 aromatic carbocycles. The monoisotopic (exact) mass is 339 g/mol. The number of carbonyl (C=O) groups is 1. The van der Waals surface area contributed by atoms with Crippen LogP contribution in [-0.4, -0.2) is 20.1 Å². The molecule has 2 rings (SSSR count). The van der Waals surface area contributed by atoms with E-state index in [2.05, 4.69) is 5.32 Å². The lowest BCUT2D eigenvalue weighted by atomic mass is 10.1. The predicted molar refractivity (Wildman–Crippen MR) is 87.2 cm³/mol. The molecule has 0 spiro atoms. The van der Waals surface area contributed by atoms with Gasteiger partial charge in [-0.25, -0.2) is 0 Å². The minimum Gasteiger partial charge on any atom is -0.497 e. The maximum atomic E-state index is 12.3. The Morgan fingerprint density at radius 3 is 2.45 bits per heavy atom. The number of carbonyl (C=O) groups excluding carboxylic acids is 1. The SMILES string of the molecule is COc1ccc(C(=O)NCc2ccc(Cl)c(Cl)c2)c(OC)c1. The third-order valence-corrected chi connectivity index (χ3v) is 3.83. The maximum absolute atomic E-state index is 12.3. The highest BCUT2D eigenvalue weighted by Gasteiger charge is 2.13. The van der Waals surface area contributed by atoms with Crippen LogP contribution in [0.4, 0.5) is 0 Å². The molecule has 6 heteroatoms. The van der Waals surface area contributed by atoms with Gasteiger partial charge in [-0.3, -0.25) is 4.79 Å². The molecule has 22 heavy (non-hydrogen) atoms. The highest BCUT2D eigenvalue weighted by atomic mass is 35.5. The Kier molecular flexibility index (Phi) is 5.52. The number of hydrogen-bond donors (Lipinski definition) is 1. The van der Waals surface area contributed by atoms with Crippen LogP contribution in [0, 0.1) is 0 Å². The molecule has 0 aliphatic heterocycles. The quantitative estimate of drug-likeness (QED) is 0.897. The van der Waals surface area contributed by atoms with E-state index >= 15 is 0 Å². The van der Waals surface area contributed by atoms with Crippen molar-refractivity contribution < 1.29 is 14.3 Å². The zero-order chi connectivity index (χ0) is 16.1. The topological polar surface area (TPSA) is 47.6 Å². The molecule has 0 aromatic heterocycles. The second kappa shape index (κ2) is 7.38. The summed E-state index contributed by atoms with van der Waals surface area (Å²) in [5.74, 6) is 0.828. The van der Waals surface area contributed by atoms with Crippen molar-refractivity contribution in [2.75, 3.05) is 14.2 Å². The van der Waals surface area contributed by atoms with Gasteiger partial charge in [0.1, 0.15) is 11.5 Å². The fraction of sp³-hybridized carbons (Fsp3) is 0.188. The van der Waals surface area contributed by atoms with Crippen molar-refractivity contribution in [1.29, 1.82) is 0 Å². The van der Waals surface area contributed by atoms with Gasteiger partial charge in [0.15, 0.2) is 0 Å². The van der Waals surface area contributed by atoms with Gasteiger partial charge in [-0.2, -0.15) is 0 Å². The highest BCUT2D eigenvalue weighted by molar-refractivity contribution is 6.42. The lowest BCUT2D eigenvalue weighted by Crippen LogP contribution is -2.23. The smallest absolute Gasteiger partial charge is 0.255 e. The van der Waals surface area contributed by atoms with E-state index in [4.69, 9.17) is 32.7 Å². The molecular formula is C16H15Cl2NO3. The number of halogens is 2. The lowest BCUT2D eigenvalue weighted by Gasteiger charge is -2.11. The molecule has 4 nitrogen and oxygen atoms in total. The van der Waals surface area contributed by atoms with Gasteiger partial charge < -0.3 is 14.8 Å². The summed E-state index contributed by atoms with van der Waals surface area (Å²) < 4.78 is 10.3. The Morgan fingerprint density at radius 1 is 1.05 bits per heavy atom. The molecule has 0 saturated carbocycles. The Morgan fingerprint density at radius 2 is 1.82 bits per heavy atom. The molecule has 0 aliphatic carbocycles. The third kappa shape index (κ3) is 3.84. The van der Waals surface area contributed by atoms with Crippen LogP contribution in [0.25, 0.3) is 0 Å². The first kappa shape index (κ1) is 16.5. The maximum Gasteiger partial charge on any atom is 0.255 e. The van der Waals surface area contributed by atoms with Crippen LogP contribution in [-0.2, 0) is 6.54 Å². The second-order valence-corrected chi connectivity index (χ2v) is 5.31. The molecule has 0 heterocycles. The Labute approximate surface area is 138 Å². The van der Waals surface area contributed by atoms with Gasteiger partial charge >= 0.3 is 0 Å². The van der Waals surface area contributed by atoms with E-state index in [0.29, 0.717) is 33.7 Å². The molecule has 0 fully saturated rings. The number of ether oxygens (including phenoxy) is 2. The van der Waals surface area contributed by atoms with E-state index in [0.717, 1.165) is 5.56 Å². The summed E-state index contributed by atoms with van der Waals surface area (Å²) in [5, 5.41) is 3.75. The van der Waals surface area contributed by atoms with Crippen LogP contribution in [0.5, 0.6) is 11.5 Å². The van der Waals surface area contributed by atoms with Crippen molar-refractivity contribution in [1.82, 2.24) is 5.32 Å². The van der Waals surface area contributed by atoms with E-state index in [-0.39, 0.29) is 5.91 Å². The summed E-state index contributed by atoms with van der Waals surface area (Å²) in [5.41, 5.74) is 1.29. The molecule has 1 N–H and O–H groups in total. The summed E-state index contributed by atoms with van der Waals surface area (Å²) in [6.07, 6.45) is 0. The first-order valence-corrected chi connectivity index (χ1v) is 7.25. The van der Waals surface area contributed by atoms with Crippen LogP contribution in [0.2, 0.25) is 10.0 Å². The van der Waals surface area contributed by atoms with Gasteiger partial charge in [0.25, 0.3) is 5.91 Å². The fourth-order valence-electron chi connectivity index (χ4n) is 1.91. The molecule has 0 aliphatic rings. The van der Waals surface area contributed by atoms with E-state index in [9.17, 15) is 4.79 Å². The zero-order valence-electron chi connectivity index (χ0n) is 12.2. The van der Waals surface area contributed by atoms with Crippen molar-refractivity contribution >= 4 is 29.1 Å². The number of nitrogens with one attached hydrogen (secondary N) is 1. The Hall–Kier alpha value is -1.91. The van der Waals surface area contributed by atoms with Crippen molar-refractivity contribution in [2.24, 2.45) is 0 Å². The van der Waals surface area contributed by atoms with Crippen molar-refractivity contribution in [3.63, 3.8) is 0 Å². The lowest BCUT2D eigenvalue weighted by molar-refractivity contribution is 0.0948. The number of methoxy groups -OCH3 is 2. The number of rotatable bonds is 5. The fourth-order valence-corrected chi connectivity index (χ4v) is 2.23. The van der Waals surface area contributed by atoms with Crippen LogP contribution in [0.3, 0.4) is 0 Å². The molecular weight excluding hydrogens is 325 g/mol. The molecule has 0 atom stereocenters. The molecule has 2 aromatic rings. The Bertz CT molecular complexity index is 689. The van der Waals surface area contributed by atoms with E-state index in [1.807, 2.05) is 0 Å². The Balaban J connectivity index is 2.10. The van der Waals surface area contributed by atoms with Gasteiger partial charge in [-0.1, -0.05) is 29.3 Å². The number of hydrogen-bond acceptors (Lipinski definition) is 3. The minimum absolute atomic E-state index is 0.245. The molecule has 0 saturated heterocycles. The second-order valence-electron chi connectivity index (χ2n) is 4.50. The van der Waals surface area contributed by atoms with Gasteiger partial charge in [-0.05, 0) is 29.8 Å². The summed E-state index contributed by atoms with van der Waals surface area (Å²) >= 11 is 11.8. The van der Waals surface area contributed by atoms with E-state index in [1.54, 1.807) is 43.5 Å². The summed E-state index contributed by atoms with van der Waals surface area (Å²) in [7, 11) is 3.06. The van der Waals surface area contributed by atoms with Gasteiger partial charge in [0, 0.05) is 12.6 Å². The van der Waals surface area contributed by atoms with Gasteiger partial charge in [0.2, 0.25) is 0 Å². The molecule has 0 radical (unpaired) electrons. The molecule has 116 valence electrons. The average Bonchev–Trinajstić information content (AvgIpc) is 2.54. The first-order valence-electron chi connectivity index (χ1n) is 6.49. The van der Waals surface area contributed by atoms with Crippen LogP contribution < -0.4 is 14.8 Å². The molecule has 1 amide bonds. The predicted octanol–water partition coefficient (Wildman–Crippen LogP) is 3.94. The first-order chi connectivity index (χ1) is 10.5.